The van der Waals surface area contributed by atoms with E-state index in [1.54, 1.807) is 0 Å². The maximum Gasteiger partial charge on any atom is 0.240 e. The van der Waals surface area contributed by atoms with E-state index in [9.17, 15) is 4.79 Å². The molecule has 2 saturated heterocycles. The van der Waals surface area contributed by atoms with Gasteiger partial charge < -0.3 is 10.2 Å². The number of amides is 1. The van der Waals surface area contributed by atoms with E-state index >= 15 is 0 Å². The molecule has 2 atom stereocenters. The summed E-state index contributed by atoms with van der Waals surface area (Å²) in [6, 6.07) is 1.43. The molecule has 0 aromatic carbocycles. The predicted octanol–water partition coefficient (Wildman–Crippen LogP) is 0.433. The molecule has 1 aliphatic carbocycles. The van der Waals surface area contributed by atoms with Crippen LogP contribution in [-0.4, -0.2) is 60.0 Å². The van der Waals surface area contributed by atoms with Gasteiger partial charge in [-0.2, -0.15) is 0 Å². The van der Waals surface area contributed by atoms with Crippen molar-refractivity contribution in [1.29, 1.82) is 0 Å². The number of likely N-dealkylation sites (tertiary alicyclic amines) is 2. The molecule has 17 heavy (non-hydrogen) atoms. The molecule has 1 saturated carbocycles. The quantitative estimate of drug-likeness (QED) is 0.770. The minimum absolute atomic E-state index is 0.0926. The number of nitrogens with zero attached hydrogens (tertiary/aromatic N) is 2. The Hall–Kier alpha value is -0.610. The zero-order chi connectivity index (χ0) is 11.8. The van der Waals surface area contributed by atoms with Crippen LogP contribution in [0.15, 0.2) is 0 Å². The van der Waals surface area contributed by atoms with Crippen LogP contribution in [0.1, 0.15) is 32.6 Å². The molecule has 2 heterocycles. The van der Waals surface area contributed by atoms with E-state index in [0.717, 1.165) is 32.1 Å². The fraction of sp³-hybridized carbons (Fsp3) is 0.923. The Balaban J connectivity index is 1.56. The van der Waals surface area contributed by atoms with Gasteiger partial charge in [0.25, 0.3) is 0 Å². The lowest BCUT2D eigenvalue weighted by Crippen LogP contribution is -2.44. The highest BCUT2D eigenvalue weighted by Crippen LogP contribution is 2.32. The predicted molar refractivity (Wildman–Crippen MR) is 66.8 cm³/mol. The lowest BCUT2D eigenvalue weighted by atomic mass is 10.2. The Morgan fingerprint density at radius 1 is 1.18 bits per heavy atom. The minimum atomic E-state index is 0.0926. The Kier molecular flexibility index (Phi) is 3.09. The third kappa shape index (κ3) is 2.20. The summed E-state index contributed by atoms with van der Waals surface area (Å²) in [6.45, 7) is 6.24. The Morgan fingerprint density at radius 3 is 2.71 bits per heavy atom. The van der Waals surface area contributed by atoms with Gasteiger partial charge >= 0.3 is 0 Å². The van der Waals surface area contributed by atoms with Gasteiger partial charge in [-0.25, -0.2) is 0 Å². The van der Waals surface area contributed by atoms with Crippen LogP contribution in [0, 0.1) is 0 Å². The number of hydrogen-bond acceptors (Lipinski definition) is 3. The molecule has 1 N–H and O–H groups in total. The lowest BCUT2D eigenvalue weighted by Gasteiger charge is -2.25. The molecule has 4 heteroatoms. The van der Waals surface area contributed by atoms with Gasteiger partial charge in [0.15, 0.2) is 0 Å². The molecule has 3 aliphatic rings. The number of nitrogens with one attached hydrogen (secondary N) is 1. The van der Waals surface area contributed by atoms with E-state index in [1.165, 1.54) is 25.8 Å². The molecule has 0 radical (unpaired) electrons. The van der Waals surface area contributed by atoms with Crippen LogP contribution in [0.3, 0.4) is 0 Å². The van der Waals surface area contributed by atoms with Crippen molar-refractivity contribution in [2.24, 2.45) is 0 Å². The molecule has 0 aromatic rings. The van der Waals surface area contributed by atoms with E-state index in [2.05, 4.69) is 22.0 Å². The van der Waals surface area contributed by atoms with Crippen molar-refractivity contribution in [1.82, 2.24) is 15.1 Å². The second-order valence-corrected chi connectivity index (χ2v) is 5.60. The van der Waals surface area contributed by atoms with Gasteiger partial charge in [-0.15, -0.1) is 0 Å². The van der Waals surface area contributed by atoms with Crippen LogP contribution in [0.5, 0.6) is 0 Å². The first-order chi connectivity index (χ1) is 8.29. The highest BCUT2D eigenvalue weighted by molar-refractivity contribution is 5.84. The van der Waals surface area contributed by atoms with Gasteiger partial charge in [0.05, 0.1) is 6.04 Å². The van der Waals surface area contributed by atoms with Gasteiger partial charge in [-0.05, 0) is 32.2 Å². The Bertz CT molecular complexity index is 303. The summed E-state index contributed by atoms with van der Waals surface area (Å²) in [4.78, 5) is 16.9. The van der Waals surface area contributed by atoms with E-state index < -0.39 is 0 Å². The number of hydrogen-bond donors (Lipinski definition) is 1. The van der Waals surface area contributed by atoms with Crippen LogP contribution in [0.2, 0.25) is 0 Å². The summed E-state index contributed by atoms with van der Waals surface area (Å²) in [7, 11) is 0. The van der Waals surface area contributed by atoms with Crippen LogP contribution in [-0.2, 0) is 4.79 Å². The smallest absolute Gasteiger partial charge is 0.240 e. The molecule has 3 rings (SSSR count). The molecule has 0 aromatic heterocycles. The molecule has 1 amide bonds. The van der Waals surface area contributed by atoms with E-state index in [1.807, 2.05) is 0 Å². The SMILES string of the molecule is CCNC1CCN(C2CCN(C3CC3)C2)C1=O. The molecule has 2 aliphatic heterocycles. The second-order valence-electron chi connectivity index (χ2n) is 5.60. The van der Waals surface area contributed by atoms with Gasteiger partial charge in [0, 0.05) is 31.7 Å². The maximum absolute atomic E-state index is 12.2. The van der Waals surface area contributed by atoms with Crippen molar-refractivity contribution in [3.63, 3.8) is 0 Å². The summed E-state index contributed by atoms with van der Waals surface area (Å²) < 4.78 is 0. The van der Waals surface area contributed by atoms with Gasteiger partial charge in [-0.3, -0.25) is 9.69 Å². The average molecular weight is 237 g/mol. The monoisotopic (exact) mass is 237 g/mol. The number of carbonyl (C=O) groups excluding carboxylic acids is 1. The second kappa shape index (κ2) is 4.58. The highest BCUT2D eigenvalue weighted by Gasteiger charge is 2.41. The summed E-state index contributed by atoms with van der Waals surface area (Å²) in [5.74, 6) is 0.342. The van der Waals surface area contributed by atoms with E-state index in [4.69, 9.17) is 0 Å². The molecule has 2 unspecified atom stereocenters. The van der Waals surface area contributed by atoms with Crippen LogP contribution >= 0.6 is 0 Å². The lowest BCUT2D eigenvalue weighted by molar-refractivity contribution is -0.131. The van der Waals surface area contributed by atoms with Crippen LogP contribution < -0.4 is 5.32 Å². The van der Waals surface area contributed by atoms with Crippen LogP contribution in [0.25, 0.3) is 0 Å². The van der Waals surface area contributed by atoms with Crippen LogP contribution in [0.4, 0.5) is 0 Å². The Morgan fingerprint density at radius 2 is 2.00 bits per heavy atom. The zero-order valence-electron chi connectivity index (χ0n) is 10.7. The van der Waals surface area contributed by atoms with Crippen molar-refractivity contribution >= 4 is 5.91 Å². The first kappa shape index (κ1) is 11.5. The summed E-state index contributed by atoms with van der Waals surface area (Å²) in [5.41, 5.74) is 0. The number of carbonyl (C=O) groups is 1. The normalized spacial score (nSPS) is 34.9. The van der Waals surface area contributed by atoms with Crippen molar-refractivity contribution in [3.05, 3.63) is 0 Å². The third-order valence-corrected chi connectivity index (χ3v) is 4.39. The average Bonchev–Trinajstić information content (AvgIpc) is 2.96. The number of rotatable bonds is 4. The standard InChI is InChI=1S/C13H23N3O/c1-2-14-12-6-8-16(13(12)17)11-5-7-15(9-11)10-3-4-10/h10-12,14H,2-9H2,1H3. The molecule has 96 valence electrons. The molecule has 3 fully saturated rings. The van der Waals surface area contributed by atoms with E-state index in [-0.39, 0.29) is 6.04 Å². The maximum atomic E-state index is 12.2. The van der Waals surface area contributed by atoms with E-state index in [0.29, 0.717) is 11.9 Å². The first-order valence-corrected chi connectivity index (χ1v) is 7.07. The van der Waals surface area contributed by atoms with Gasteiger partial charge in [0.1, 0.15) is 0 Å². The number of likely N-dealkylation sites (N-methyl/N-ethyl adjacent to an activating group) is 1. The van der Waals surface area contributed by atoms with Crippen molar-refractivity contribution < 1.29 is 4.79 Å². The fourth-order valence-electron chi connectivity index (χ4n) is 3.29. The molecular formula is C13H23N3O. The third-order valence-electron chi connectivity index (χ3n) is 4.39. The van der Waals surface area contributed by atoms with Gasteiger partial charge in [-0.1, -0.05) is 6.92 Å². The largest absolute Gasteiger partial charge is 0.337 e. The summed E-state index contributed by atoms with van der Waals surface area (Å²) in [5, 5.41) is 3.29. The highest BCUT2D eigenvalue weighted by atomic mass is 16.2. The topological polar surface area (TPSA) is 35.6 Å². The minimum Gasteiger partial charge on any atom is -0.337 e. The molecular weight excluding hydrogens is 214 g/mol. The van der Waals surface area contributed by atoms with Gasteiger partial charge in [0.2, 0.25) is 5.91 Å². The fourth-order valence-corrected chi connectivity index (χ4v) is 3.29. The first-order valence-electron chi connectivity index (χ1n) is 7.07. The van der Waals surface area contributed by atoms with Crippen molar-refractivity contribution in [2.75, 3.05) is 26.2 Å². The summed E-state index contributed by atoms with van der Waals surface area (Å²) >= 11 is 0. The molecule has 4 nitrogen and oxygen atoms in total. The van der Waals surface area contributed by atoms with Crippen molar-refractivity contribution in [3.8, 4) is 0 Å². The van der Waals surface area contributed by atoms with Crippen molar-refractivity contribution in [2.45, 2.75) is 50.7 Å². The Labute approximate surface area is 103 Å². The zero-order valence-corrected chi connectivity index (χ0v) is 10.7. The summed E-state index contributed by atoms with van der Waals surface area (Å²) in [6.07, 6.45) is 4.93. The molecule has 0 spiro atoms. The molecule has 0 bridgehead atoms.